The molecule has 0 bridgehead atoms. The lowest BCUT2D eigenvalue weighted by atomic mass is 9.87. The molecule has 0 spiro atoms. The van der Waals surface area contributed by atoms with E-state index in [1.165, 1.54) is 62.3 Å². The van der Waals surface area contributed by atoms with E-state index < -0.39 is 0 Å². The average molecular weight is 347 g/mol. The van der Waals surface area contributed by atoms with Crippen molar-refractivity contribution in [1.29, 1.82) is 0 Å². The number of nitrogens with zero attached hydrogens (tertiary/aromatic N) is 2. The SMILES string of the molecule is CC1CCN(C2CCN(Sc3ccc(C(C)(C)C)cc3)CC2)CC1. The molecule has 0 amide bonds. The van der Waals surface area contributed by atoms with Crippen LogP contribution in [0.4, 0.5) is 0 Å². The molecule has 0 aromatic heterocycles. The molecule has 0 radical (unpaired) electrons. The van der Waals surface area contributed by atoms with Gasteiger partial charge in [0.25, 0.3) is 0 Å². The highest BCUT2D eigenvalue weighted by atomic mass is 32.2. The van der Waals surface area contributed by atoms with Crippen LogP contribution in [0.25, 0.3) is 0 Å². The molecule has 0 atom stereocenters. The van der Waals surface area contributed by atoms with Gasteiger partial charge in [-0.3, -0.25) is 0 Å². The molecule has 3 rings (SSSR count). The maximum Gasteiger partial charge on any atom is 0.0230 e. The number of rotatable bonds is 3. The van der Waals surface area contributed by atoms with E-state index in [1.807, 2.05) is 11.9 Å². The maximum absolute atomic E-state index is 2.76. The summed E-state index contributed by atoms with van der Waals surface area (Å²) in [5.41, 5.74) is 1.66. The fraction of sp³-hybridized carbons (Fsp3) is 0.714. The molecule has 2 saturated heterocycles. The highest BCUT2D eigenvalue weighted by Crippen LogP contribution is 2.31. The molecule has 0 saturated carbocycles. The van der Waals surface area contributed by atoms with E-state index in [1.54, 1.807) is 0 Å². The predicted molar refractivity (Wildman–Crippen MR) is 106 cm³/mol. The highest BCUT2D eigenvalue weighted by Gasteiger charge is 2.27. The van der Waals surface area contributed by atoms with Gasteiger partial charge in [-0.15, -0.1) is 0 Å². The number of likely N-dealkylation sites (tertiary alicyclic amines) is 1. The summed E-state index contributed by atoms with van der Waals surface area (Å²) in [7, 11) is 0. The summed E-state index contributed by atoms with van der Waals surface area (Å²) in [5, 5.41) is 0. The molecule has 0 aliphatic carbocycles. The van der Waals surface area contributed by atoms with Gasteiger partial charge in [0, 0.05) is 24.0 Å². The Morgan fingerprint density at radius 2 is 1.46 bits per heavy atom. The number of hydrogen-bond acceptors (Lipinski definition) is 3. The fourth-order valence-corrected chi connectivity index (χ4v) is 4.81. The van der Waals surface area contributed by atoms with E-state index in [0.717, 1.165) is 12.0 Å². The fourth-order valence-electron chi connectivity index (χ4n) is 3.86. The van der Waals surface area contributed by atoms with Crippen molar-refractivity contribution in [3.8, 4) is 0 Å². The maximum atomic E-state index is 2.76. The molecule has 2 nitrogen and oxygen atoms in total. The van der Waals surface area contributed by atoms with Crippen molar-refractivity contribution in [3.63, 3.8) is 0 Å². The molecule has 0 unspecified atom stereocenters. The minimum Gasteiger partial charge on any atom is -0.300 e. The van der Waals surface area contributed by atoms with E-state index in [4.69, 9.17) is 0 Å². The number of piperidine rings is 2. The summed E-state index contributed by atoms with van der Waals surface area (Å²) in [6.45, 7) is 14.3. The van der Waals surface area contributed by atoms with Gasteiger partial charge in [0.05, 0.1) is 0 Å². The summed E-state index contributed by atoms with van der Waals surface area (Å²) in [6, 6.07) is 10.0. The molecule has 0 N–H and O–H groups in total. The van der Waals surface area contributed by atoms with Crippen LogP contribution in [0.1, 0.15) is 58.9 Å². The predicted octanol–water partition coefficient (Wildman–Crippen LogP) is 5.19. The first-order chi connectivity index (χ1) is 11.4. The van der Waals surface area contributed by atoms with Gasteiger partial charge in [-0.25, -0.2) is 4.31 Å². The van der Waals surface area contributed by atoms with E-state index in [9.17, 15) is 0 Å². The first kappa shape index (κ1) is 18.3. The molecule has 1 aromatic carbocycles. The Hall–Kier alpha value is -0.510. The van der Waals surface area contributed by atoms with Gasteiger partial charge in [-0.2, -0.15) is 0 Å². The Morgan fingerprint density at radius 1 is 0.875 bits per heavy atom. The number of benzene rings is 1. The van der Waals surface area contributed by atoms with E-state index >= 15 is 0 Å². The van der Waals surface area contributed by atoms with Crippen LogP contribution >= 0.6 is 11.9 Å². The molecule has 24 heavy (non-hydrogen) atoms. The zero-order chi connectivity index (χ0) is 17.2. The molecule has 2 heterocycles. The van der Waals surface area contributed by atoms with Gasteiger partial charge in [-0.05, 0) is 79.7 Å². The summed E-state index contributed by atoms with van der Waals surface area (Å²) >= 11 is 1.95. The zero-order valence-corrected chi connectivity index (χ0v) is 16.7. The first-order valence-corrected chi connectivity index (χ1v) is 10.5. The van der Waals surface area contributed by atoms with Crippen LogP contribution in [-0.2, 0) is 5.41 Å². The lowest BCUT2D eigenvalue weighted by Gasteiger charge is -2.41. The lowest BCUT2D eigenvalue weighted by molar-refractivity contribution is 0.103. The second kappa shape index (κ2) is 7.80. The topological polar surface area (TPSA) is 6.48 Å². The minimum atomic E-state index is 0.244. The zero-order valence-electron chi connectivity index (χ0n) is 15.9. The van der Waals surface area contributed by atoms with E-state index in [0.29, 0.717) is 0 Å². The van der Waals surface area contributed by atoms with Crippen LogP contribution in [-0.4, -0.2) is 41.4 Å². The molecule has 2 aliphatic heterocycles. The van der Waals surface area contributed by atoms with Crippen molar-refractivity contribution < 1.29 is 0 Å². The normalized spacial score (nSPS) is 22.8. The minimum absolute atomic E-state index is 0.244. The Labute approximate surface area is 153 Å². The Kier molecular flexibility index (Phi) is 5.94. The third kappa shape index (κ3) is 4.77. The molecule has 2 fully saturated rings. The van der Waals surface area contributed by atoms with Crippen LogP contribution < -0.4 is 0 Å². The van der Waals surface area contributed by atoms with Gasteiger partial charge in [0.1, 0.15) is 0 Å². The van der Waals surface area contributed by atoms with Gasteiger partial charge < -0.3 is 4.90 Å². The highest BCUT2D eigenvalue weighted by molar-refractivity contribution is 7.97. The van der Waals surface area contributed by atoms with Gasteiger partial charge >= 0.3 is 0 Å². The van der Waals surface area contributed by atoms with Crippen LogP contribution in [0.2, 0.25) is 0 Å². The standard InChI is InChI=1S/C21H34N2S/c1-17-9-13-22(14-10-17)19-11-15-23(16-12-19)24-20-7-5-18(6-8-20)21(2,3)4/h5-8,17,19H,9-16H2,1-4H3. The summed E-state index contributed by atoms with van der Waals surface area (Å²) in [4.78, 5) is 4.15. The molecular formula is C21H34N2S. The molecule has 2 aliphatic rings. The Morgan fingerprint density at radius 3 is 2.00 bits per heavy atom. The first-order valence-electron chi connectivity index (χ1n) is 9.69. The van der Waals surface area contributed by atoms with Crippen LogP contribution in [0, 0.1) is 5.92 Å². The number of hydrogen-bond donors (Lipinski definition) is 0. The van der Waals surface area contributed by atoms with Crippen molar-refractivity contribution in [2.45, 2.75) is 69.7 Å². The largest absolute Gasteiger partial charge is 0.300 e. The second-order valence-corrected chi connectivity index (χ2v) is 9.91. The van der Waals surface area contributed by atoms with Gasteiger partial charge in [0.15, 0.2) is 0 Å². The van der Waals surface area contributed by atoms with E-state index in [2.05, 4.69) is 61.2 Å². The van der Waals surface area contributed by atoms with Crippen molar-refractivity contribution in [2.75, 3.05) is 26.2 Å². The van der Waals surface area contributed by atoms with Crippen molar-refractivity contribution in [3.05, 3.63) is 29.8 Å². The van der Waals surface area contributed by atoms with Crippen molar-refractivity contribution >= 4 is 11.9 Å². The van der Waals surface area contributed by atoms with E-state index in [-0.39, 0.29) is 5.41 Å². The Balaban J connectivity index is 1.47. The molecule has 1 aromatic rings. The van der Waals surface area contributed by atoms with Crippen molar-refractivity contribution in [2.24, 2.45) is 5.92 Å². The smallest absolute Gasteiger partial charge is 0.0230 e. The van der Waals surface area contributed by atoms with Crippen LogP contribution in [0.5, 0.6) is 0 Å². The molecule has 134 valence electrons. The summed E-state index contributed by atoms with van der Waals surface area (Å²) < 4.78 is 2.56. The lowest BCUT2D eigenvalue weighted by Crippen LogP contribution is -2.46. The molecule has 3 heteroatoms. The van der Waals surface area contributed by atoms with Crippen LogP contribution in [0.3, 0.4) is 0 Å². The average Bonchev–Trinajstić information content (AvgIpc) is 2.56. The third-order valence-electron chi connectivity index (χ3n) is 5.71. The molecular weight excluding hydrogens is 312 g/mol. The van der Waals surface area contributed by atoms with Crippen molar-refractivity contribution in [1.82, 2.24) is 9.21 Å². The third-order valence-corrected chi connectivity index (χ3v) is 6.82. The van der Waals surface area contributed by atoms with Gasteiger partial charge in [0.2, 0.25) is 0 Å². The Bertz CT molecular complexity index is 504. The van der Waals surface area contributed by atoms with Crippen LogP contribution in [0.15, 0.2) is 29.2 Å². The quantitative estimate of drug-likeness (QED) is 0.696. The second-order valence-electron chi connectivity index (χ2n) is 8.74. The summed E-state index contributed by atoms with van der Waals surface area (Å²) in [5.74, 6) is 0.938. The summed E-state index contributed by atoms with van der Waals surface area (Å²) in [6.07, 6.45) is 5.47. The van der Waals surface area contributed by atoms with Gasteiger partial charge in [-0.1, -0.05) is 39.8 Å². The monoisotopic (exact) mass is 346 g/mol.